The molecule has 0 aromatic heterocycles. The minimum absolute atomic E-state index is 0.321. The maximum absolute atomic E-state index is 6.83. The van der Waals surface area contributed by atoms with Crippen LogP contribution in [0.5, 0.6) is 0 Å². The Morgan fingerprint density at radius 2 is 0.578 bits per heavy atom. The van der Waals surface area contributed by atoms with E-state index in [0.29, 0.717) is 12.2 Å². The summed E-state index contributed by atoms with van der Waals surface area (Å²) in [6.45, 7) is 8.99. The molecule has 0 aromatic rings. The van der Waals surface area contributed by atoms with Gasteiger partial charge in [-0.3, -0.25) is 0 Å². The Labute approximate surface area is 283 Å². The van der Waals surface area contributed by atoms with Gasteiger partial charge in [0.15, 0.2) is 11.6 Å². The van der Waals surface area contributed by atoms with Gasteiger partial charge in [-0.25, -0.2) is 0 Å². The van der Waals surface area contributed by atoms with Gasteiger partial charge in [-0.15, -0.1) is 0 Å². The normalized spacial score (nSPS) is 24.5. The summed E-state index contributed by atoms with van der Waals surface area (Å²) >= 11 is 0. The summed E-state index contributed by atoms with van der Waals surface area (Å²) in [5, 5.41) is 0. The minimum Gasteiger partial charge on any atom is -0.347 e. The summed E-state index contributed by atoms with van der Waals surface area (Å²) in [5.41, 5.74) is 0. The maximum atomic E-state index is 6.83. The van der Waals surface area contributed by atoms with Crippen molar-refractivity contribution >= 4 is 0 Å². The van der Waals surface area contributed by atoms with Crippen molar-refractivity contribution < 1.29 is 14.2 Å². The molecule has 2 aliphatic rings. The number of unbranched alkanes of at least 4 members (excludes halogenated alkanes) is 28. The molecule has 2 heterocycles. The van der Waals surface area contributed by atoms with Crippen LogP contribution >= 0.6 is 0 Å². The summed E-state index contributed by atoms with van der Waals surface area (Å²) in [6, 6.07) is 0. The van der Waals surface area contributed by atoms with Crippen LogP contribution in [0.25, 0.3) is 0 Å². The Morgan fingerprint density at radius 1 is 0.378 bits per heavy atom. The first-order chi connectivity index (χ1) is 22.0. The van der Waals surface area contributed by atoms with Crippen molar-refractivity contribution in [3.63, 3.8) is 0 Å². The molecule has 0 aromatic carbocycles. The molecule has 0 aliphatic carbocycles. The fraction of sp³-hybridized carbons (Fsp3) is 1.00. The molecule has 2 fully saturated rings. The fourth-order valence-corrected chi connectivity index (χ4v) is 8.02. The second-order valence-corrected chi connectivity index (χ2v) is 15.6. The molecule has 0 spiro atoms. The van der Waals surface area contributed by atoms with E-state index in [1.54, 1.807) is 0 Å². The number of hydrogen-bond donors (Lipinski definition) is 0. The first kappa shape index (κ1) is 41.1. The molecular formula is C42H82O3. The predicted molar refractivity (Wildman–Crippen MR) is 196 cm³/mol. The van der Waals surface area contributed by atoms with Gasteiger partial charge >= 0.3 is 0 Å². The highest BCUT2D eigenvalue weighted by Crippen LogP contribution is 2.48. The van der Waals surface area contributed by atoms with Gasteiger partial charge in [0.05, 0.1) is 12.2 Å². The molecule has 268 valence electrons. The molecule has 0 N–H and O–H groups in total. The van der Waals surface area contributed by atoms with Crippen molar-refractivity contribution in [3.05, 3.63) is 0 Å². The summed E-state index contributed by atoms with van der Waals surface area (Å²) < 4.78 is 19.5. The van der Waals surface area contributed by atoms with Crippen molar-refractivity contribution in [1.29, 1.82) is 0 Å². The Hall–Kier alpha value is -0.120. The van der Waals surface area contributed by atoms with Gasteiger partial charge in [0.2, 0.25) is 0 Å². The summed E-state index contributed by atoms with van der Waals surface area (Å²) in [4.78, 5) is 0. The van der Waals surface area contributed by atoms with Crippen molar-refractivity contribution in [1.82, 2.24) is 0 Å². The average molecular weight is 635 g/mol. The Bertz CT molecular complexity index is 582. The van der Waals surface area contributed by atoms with Crippen LogP contribution in [0.3, 0.4) is 0 Å². The molecule has 0 amide bonds. The highest BCUT2D eigenvalue weighted by molar-refractivity contribution is 4.91. The average Bonchev–Trinajstić information content (AvgIpc) is 2.99. The third-order valence-corrected chi connectivity index (χ3v) is 10.7. The van der Waals surface area contributed by atoms with Crippen LogP contribution in [-0.4, -0.2) is 23.8 Å². The van der Waals surface area contributed by atoms with Crippen LogP contribution in [0.1, 0.15) is 246 Å². The van der Waals surface area contributed by atoms with E-state index >= 15 is 0 Å². The second kappa shape index (κ2) is 26.8. The van der Waals surface area contributed by atoms with Gasteiger partial charge in [-0.1, -0.05) is 194 Å². The molecule has 0 bridgehead atoms. The smallest absolute Gasteiger partial charge is 0.174 e. The number of hydrogen-bond acceptors (Lipinski definition) is 3. The van der Waals surface area contributed by atoms with Crippen molar-refractivity contribution in [2.75, 3.05) is 0 Å². The second-order valence-electron chi connectivity index (χ2n) is 15.6. The van der Waals surface area contributed by atoms with Crippen LogP contribution < -0.4 is 0 Å². The molecule has 2 rings (SSSR count). The van der Waals surface area contributed by atoms with Crippen LogP contribution in [0.15, 0.2) is 0 Å². The fourth-order valence-electron chi connectivity index (χ4n) is 8.02. The first-order valence-corrected chi connectivity index (χ1v) is 21.1. The molecule has 2 saturated heterocycles. The lowest BCUT2D eigenvalue weighted by Crippen LogP contribution is -2.61. The van der Waals surface area contributed by atoms with Crippen molar-refractivity contribution in [2.24, 2.45) is 0 Å². The monoisotopic (exact) mass is 635 g/mol. The Balaban J connectivity index is 1.47. The predicted octanol–water partition coefficient (Wildman–Crippen LogP) is 14.5. The van der Waals surface area contributed by atoms with E-state index in [1.807, 2.05) is 0 Å². The van der Waals surface area contributed by atoms with Gasteiger partial charge in [0, 0.05) is 25.7 Å². The topological polar surface area (TPSA) is 27.7 Å². The third-order valence-electron chi connectivity index (χ3n) is 10.7. The van der Waals surface area contributed by atoms with Crippen molar-refractivity contribution in [2.45, 2.75) is 270 Å². The van der Waals surface area contributed by atoms with Gasteiger partial charge in [0.25, 0.3) is 0 Å². The van der Waals surface area contributed by atoms with E-state index in [9.17, 15) is 0 Å². The van der Waals surface area contributed by atoms with Gasteiger partial charge in [-0.2, -0.15) is 0 Å². The van der Waals surface area contributed by atoms with Crippen LogP contribution in [0.4, 0.5) is 0 Å². The zero-order valence-electron chi connectivity index (χ0n) is 31.4. The zero-order chi connectivity index (χ0) is 32.3. The van der Waals surface area contributed by atoms with Gasteiger partial charge in [0.1, 0.15) is 0 Å². The lowest BCUT2D eigenvalue weighted by molar-refractivity contribution is -0.457. The molecule has 0 radical (unpaired) electrons. The van der Waals surface area contributed by atoms with Gasteiger partial charge < -0.3 is 14.2 Å². The highest BCUT2D eigenvalue weighted by atomic mass is 16.8. The van der Waals surface area contributed by atoms with E-state index in [0.717, 1.165) is 25.7 Å². The van der Waals surface area contributed by atoms with E-state index < -0.39 is 0 Å². The lowest BCUT2D eigenvalue weighted by Gasteiger charge is -2.55. The largest absolute Gasteiger partial charge is 0.347 e. The third kappa shape index (κ3) is 20.1. The minimum atomic E-state index is -0.383. The molecule has 2 aliphatic heterocycles. The lowest BCUT2D eigenvalue weighted by atomic mass is 9.91. The first-order valence-electron chi connectivity index (χ1n) is 21.1. The van der Waals surface area contributed by atoms with Crippen molar-refractivity contribution in [3.8, 4) is 0 Å². The van der Waals surface area contributed by atoms with E-state index in [1.165, 1.54) is 193 Å². The summed E-state index contributed by atoms with van der Waals surface area (Å²) in [5.74, 6) is -0.767. The standard InChI is InChI=1S/C42H82O3/c1-5-7-9-11-13-15-17-19-21-23-25-27-29-31-33-35-41(37-39(3)43-41)45-42(38-40(4)44-42)36-34-32-30-28-26-24-22-20-18-16-14-12-10-8-6-2/h39-40H,5-38H2,1-4H3. The van der Waals surface area contributed by atoms with E-state index in [2.05, 4.69) is 27.7 Å². The van der Waals surface area contributed by atoms with E-state index in [4.69, 9.17) is 14.2 Å². The maximum Gasteiger partial charge on any atom is 0.174 e. The zero-order valence-corrected chi connectivity index (χ0v) is 31.4. The summed E-state index contributed by atoms with van der Waals surface area (Å²) in [7, 11) is 0. The number of rotatable bonds is 34. The van der Waals surface area contributed by atoms with Crippen LogP contribution in [-0.2, 0) is 14.2 Å². The highest BCUT2D eigenvalue weighted by Gasteiger charge is 2.54. The van der Waals surface area contributed by atoms with Gasteiger partial charge in [-0.05, 0) is 26.7 Å². The Morgan fingerprint density at radius 3 is 0.778 bits per heavy atom. The summed E-state index contributed by atoms with van der Waals surface area (Å²) in [6.07, 6.45) is 46.9. The SMILES string of the molecule is CCCCCCCCCCCCCCCCCC1(OC2(CCCCCCCCCCCCCCCCC)CC(C)O2)CC(C)O1. The number of ether oxygens (including phenoxy) is 3. The molecule has 4 unspecified atom stereocenters. The Kier molecular flexibility index (Phi) is 24.4. The molecule has 4 atom stereocenters. The molecule has 3 nitrogen and oxygen atoms in total. The molecule has 3 heteroatoms. The molecule has 45 heavy (non-hydrogen) atoms. The molecule has 0 saturated carbocycles. The van der Waals surface area contributed by atoms with Crippen LogP contribution in [0.2, 0.25) is 0 Å². The van der Waals surface area contributed by atoms with Crippen LogP contribution in [0, 0.1) is 0 Å². The quantitative estimate of drug-likeness (QED) is 0.0659. The van der Waals surface area contributed by atoms with E-state index in [-0.39, 0.29) is 11.6 Å². The molecular weight excluding hydrogens is 552 g/mol.